The molecule has 5 nitrogen and oxygen atoms in total. The lowest BCUT2D eigenvalue weighted by atomic mass is 10.0. The van der Waals surface area contributed by atoms with E-state index in [0.29, 0.717) is 24.7 Å². The fourth-order valence-electron chi connectivity index (χ4n) is 2.92. The summed E-state index contributed by atoms with van der Waals surface area (Å²) in [4.78, 5) is 14.6. The van der Waals surface area contributed by atoms with Gasteiger partial charge < -0.3 is 20.1 Å². The van der Waals surface area contributed by atoms with Crippen LogP contribution in [0.4, 0.5) is 5.69 Å². The number of hydrogen-bond donors (Lipinski definition) is 1. The summed E-state index contributed by atoms with van der Waals surface area (Å²) < 4.78 is 11.1. The lowest BCUT2D eigenvalue weighted by Crippen LogP contribution is -2.33. The van der Waals surface area contributed by atoms with Crippen LogP contribution in [-0.4, -0.2) is 26.2 Å². The summed E-state index contributed by atoms with van der Waals surface area (Å²) >= 11 is 0. The van der Waals surface area contributed by atoms with E-state index >= 15 is 0 Å². The van der Waals surface area contributed by atoms with Crippen LogP contribution in [0.5, 0.6) is 11.5 Å². The van der Waals surface area contributed by atoms with Gasteiger partial charge in [-0.3, -0.25) is 4.79 Å². The second-order valence-electron chi connectivity index (χ2n) is 5.78. The van der Waals surface area contributed by atoms with Gasteiger partial charge in [0.05, 0.1) is 19.4 Å². The van der Waals surface area contributed by atoms with Gasteiger partial charge in [-0.05, 0) is 24.1 Å². The van der Waals surface area contributed by atoms with E-state index in [2.05, 4.69) is 0 Å². The lowest BCUT2D eigenvalue weighted by Gasteiger charge is -2.24. The average molecular weight is 326 g/mol. The van der Waals surface area contributed by atoms with Crippen molar-refractivity contribution in [1.82, 2.24) is 0 Å². The maximum Gasteiger partial charge on any atom is 0.229 e. The Morgan fingerprint density at radius 3 is 2.79 bits per heavy atom. The second kappa shape index (κ2) is 7.36. The number of rotatable bonds is 4. The molecule has 0 bridgehead atoms. The smallest absolute Gasteiger partial charge is 0.229 e. The van der Waals surface area contributed by atoms with Gasteiger partial charge in [0, 0.05) is 19.0 Å². The van der Waals surface area contributed by atoms with Gasteiger partial charge in [-0.25, -0.2) is 0 Å². The number of anilines is 1. The van der Waals surface area contributed by atoms with E-state index in [1.165, 1.54) is 0 Å². The van der Waals surface area contributed by atoms with Crippen molar-refractivity contribution >= 4 is 11.6 Å². The third-order valence-corrected chi connectivity index (χ3v) is 4.16. The molecule has 24 heavy (non-hydrogen) atoms. The maximum absolute atomic E-state index is 12.8. The normalized spacial score (nSPS) is 15.0. The van der Waals surface area contributed by atoms with E-state index in [1.807, 2.05) is 48.5 Å². The summed E-state index contributed by atoms with van der Waals surface area (Å²) in [5.74, 6) is 1.25. The molecule has 2 aromatic rings. The summed E-state index contributed by atoms with van der Waals surface area (Å²) in [6.07, 6.45) is 1.02. The number of carbonyl (C=O) groups is 1. The minimum atomic E-state index is -0.322. The van der Waals surface area contributed by atoms with Gasteiger partial charge in [-0.2, -0.15) is 0 Å². The molecule has 1 amide bonds. The van der Waals surface area contributed by atoms with Crippen LogP contribution in [0, 0.1) is 0 Å². The Morgan fingerprint density at radius 1 is 1.25 bits per heavy atom. The summed E-state index contributed by atoms with van der Waals surface area (Å²) in [6.45, 7) is 1.17. The van der Waals surface area contributed by atoms with E-state index in [9.17, 15) is 4.79 Å². The van der Waals surface area contributed by atoms with E-state index < -0.39 is 0 Å². The Balaban J connectivity index is 1.83. The van der Waals surface area contributed by atoms with Crippen molar-refractivity contribution in [2.75, 3.05) is 25.2 Å². The zero-order valence-corrected chi connectivity index (χ0v) is 13.8. The Labute approximate surface area is 142 Å². The Kier molecular flexibility index (Phi) is 5.01. The van der Waals surface area contributed by atoms with Crippen LogP contribution < -0.4 is 20.1 Å². The van der Waals surface area contributed by atoms with E-state index in [-0.39, 0.29) is 18.4 Å². The molecule has 0 saturated heterocycles. The van der Waals surface area contributed by atoms with Gasteiger partial charge >= 0.3 is 0 Å². The SMILES string of the molecule is COc1cccc2c1OCCCN2C(=O)C[C@H](N)c1ccccc1. The van der Waals surface area contributed by atoms with Crippen molar-refractivity contribution in [2.45, 2.75) is 18.9 Å². The van der Waals surface area contributed by atoms with Gasteiger partial charge in [0.2, 0.25) is 5.91 Å². The molecule has 1 aliphatic rings. The molecule has 1 heterocycles. The van der Waals surface area contributed by atoms with Crippen LogP contribution in [0.25, 0.3) is 0 Å². The molecule has 0 fully saturated rings. The number of amides is 1. The molecule has 0 unspecified atom stereocenters. The predicted molar refractivity (Wildman–Crippen MR) is 93.4 cm³/mol. The van der Waals surface area contributed by atoms with Crippen LogP contribution in [0.3, 0.4) is 0 Å². The molecule has 0 saturated carbocycles. The van der Waals surface area contributed by atoms with Gasteiger partial charge in [-0.15, -0.1) is 0 Å². The monoisotopic (exact) mass is 326 g/mol. The van der Waals surface area contributed by atoms with E-state index in [4.69, 9.17) is 15.2 Å². The molecule has 126 valence electrons. The lowest BCUT2D eigenvalue weighted by molar-refractivity contribution is -0.119. The van der Waals surface area contributed by atoms with Crippen LogP contribution in [0.15, 0.2) is 48.5 Å². The molecule has 1 aliphatic heterocycles. The Hall–Kier alpha value is -2.53. The topological polar surface area (TPSA) is 64.8 Å². The van der Waals surface area contributed by atoms with Crippen LogP contribution in [0.1, 0.15) is 24.4 Å². The summed E-state index contributed by atoms with van der Waals surface area (Å²) in [6, 6.07) is 14.9. The maximum atomic E-state index is 12.8. The number of ether oxygens (including phenoxy) is 2. The highest BCUT2D eigenvalue weighted by atomic mass is 16.5. The molecule has 0 radical (unpaired) electrons. The van der Waals surface area contributed by atoms with Gasteiger partial charge in [-0.1, -0.05) is 36.4 Å². The molecular formula is C19H22N2O3. The third kappa shape index (κ3) is 3.36. The van der Waals surface area contributed by atoms with Crippen LogP contribution in [0.2, 0.25) is 0 Å². The summed E-state index contributed by atoms with van der Waals surface area (Å²) in [7, 11) is 1.60. The molecule has 0 aliphatic carbocycles. The molecule has 2 aromatic carbocycles. The zero-order valence-electron chi connectivity index (χ0n) is 13.8. The predicted octanol–water partition coefficient (Wildman–Crippen LogP) is 2.90. The van der Waals surface area contributed by atoms with Crippen molar-refractivity contribution < 1.29 is 14.3 Å². The number of nitrogens with two attached hydrogens (primary N) is 1. The molecular weight excluding hydrogens is 304 g/mol. The quantitative estimate of drug-likeness (QED) is 0.938. The number of hydrogen-bond acceptors (Lipinski definition) is 4. The Morgan fingerprint density at radius 2 is 2.04 bits per heavy atom. The fraction of sp³-hybridized carbons (Fsp3) is 0.316. The number of para-hydroxylation sites is 1. The minimum Gasteiger partial charge on any atom is -0.493 e. The summed E-state index contributed by atoms with van der Waals surface area (Å²) in [5.41, 5.74) is 7.92. The standard InChI is InChI=1S/C19H22N2O3/c1-23-17-10-5-9-16-19(17)24-12-6-11-21(16)18(22)13-15(20)14-7-3-2-4-8-14/h2-5,7-10,15H,6,11-13,20H2,1H3/t15-/m0/s1. The molecule has 5 heteroatoms. The van der Waals surface area contributed by atoms with E-state index in [1.54, 1.807) is 12.0 Å². The molecule has 3 rings (SSSR count). The number of carbonyl (C=O) groups excluding carboxylic acids is 1. The highest BCUT2D eigenvalue weighted by molar-refractivity contribution is 5.96. The first-order valence-corrected chi connectivity index (χ1v) is 8.11. The summed E-state index contributed by atoms with van der Waals surface area (Å²) in [5, 5.41) is 0. The highest BCUT2D eigenvalue weighted by Crippen LogP contribution is 2.39. The first-order chi connectivity index (χ1) is 11.7. The fourth-order valence-corrected chi connectivity index (χ4v) is 2.92. The Bertz CT molecular complexity index is 703. The van der Waals surface area contributed by atoms with Gasteiger partial charge in [0.15, 0.2) is 11.5 Å². The van der Waals surface area contributed by atoms with E-state index in [0.717, 1.165) is 17.7 Å². The van der Waals surface area contributed by atoms with Crippen molar-refractivity contribution in [3.05, 3.63) is 54.1 Å². The van der Waals surface area contributed by atoms with Crippen molar-refractivity contribution in [2.24, 2.45) is 5.73 Å². The molecule has 1 atom stereocenters. The minimum absolute atomic E-state index is 0.00800. The number of methoxy groups -OCH3 is 1. The van der Waals surface area contributed by atoms with Crippen molar-refractivity contribution in [1.29, 1.82) is 0 Å². The third-order valence-electron chi connectivity index (χ3n) is 4.16. The van der Waals surface area contributed by atoms with Gasteiger partial charge in [0.1, 0.15) is 0 Å². The van der Waals surface area contributed by atoms with Crippen molar-refractivity contribution in [3.63, 3.8) is 0 Å². The van der Waals surface area contributed by atoms with Crippen molar-refractivity contribution in [3.8, 4) is 11.5 Å². The van der Waals surface area contributed by atoms with Gasteiger partial charge in [0.25, 0.3) is 0 Å². The number of nitrogens with zero attached hydrogens (tertiary/aromatic N) is 1. The molecule has 2 N–H and O–H groups in total. The molecule has 0 aromatic heterocycles. The van der Waals surface area contributed by atoms with Crippen LogP contribution in [-0.2, 0) is 4.79 Å². The van der Waals surface area contributed by atoms with Crippen LogP contribution >= 0.6 is 0 Å². The highest BCUT2D eigenvalue weighted by Gasteiger charge is 2.25. The zero-order chi connectivity index (χ0) is 16.9. The second-order valence-corrected chi connectivity index (χ2v) is 5.78. The average Bonchev–Trinajstić information content (AvgIpc) is 2.84. The number of benzene rings is 2. The molecule has 0 spiro atoms. The number of fused-ring (bicyclic) bond motifs is 1. The first-order valence-electron chi connectivity index (χ1n) is 8.11. The first kappa shape index (κ1) is 16.3. The largest absolute Gasteiger partial charge is 0.493 e.